The van der Waals surface area contributed by atoms with Crippen LogP contribution in [0.3, 0.4) is 0 Å². The number of aromatic carboxylic acids is 1. The lowest BCUT2D eigenvalue weighted by Crippen LogP contribution is -2.06. The number of hydrogen-bond acceptors (Lipinski definition) is 5. The Kier molecular flexibility index (Phi) is 7.49. The van der Waals surface area contributed by atoms with Gasteiger partial charge < -0.3 is 19.0 Å². The molecule has 0 unspecified atom stereocenters. The molecular formula is C24H26O6. The molecule has 1 N–H and O–H groups in total. The second kappa shape index (κ2) is 10.5. The molecule has 0 fully saturated rings. The van der Waals surface area contributed by atoms with Gasteiger partial charge in [0.1, 0.15) is 17.1 Å². The van der Waals surface area contributed by atoms with Crippen molar-refractivity contribution >= 4 is 16.9 Å². The van der Waals surface area contributed by atoms with E-state index in [1.54, 1.807) is 18.2 Å². The predicted octanol–water partition coefficient (Wildman–Crippen LogP) is 5.07. The Hall–Kier alpha value is -3.28. The number of unbranched alkanes of at least 4 members (excludes halogenated alkanes) is 2. The van der Waals surface area contributed by atoms with Crippen LogP contribution in [0.15, 0.2) is 57.7 Å². The summed E-state index contributed by atoms with van der Waals surface area (Å²) in [5.74, 6) is -0.156. The predicted molar refractivity (Wildman–Crippen MR) is 115 cm³/mol. The van der Waals surface area contributed by atoms with Gasteiger partial charge in [-0.2, -0.15) is 0 Å². The number of ether oxygens (including phenoxy) is 2. The number of para-hydroxylation sites is 1. The summed E-state index contributed by atoms with van der Waals surface area (Å²) in [6.07, 6.45) is 4.86. The number of fused-ring (bicyclic) bond motifs is 1. The molecule has 0 atom stereocenters. The quantitative estimate of drug-likeness (QED) is 0.444. The van der Waals surface area contributed by atoms with Gasteiger partial charge in [-0.15, -0.1) is 0 Å². The summed E-state index contributed by atoms with van der Waals surface area (Å²) in [5, 5.41) is 9.35. The molecule has 0 spiro atoms. The molecule has 0 bridgehead atoms. The van der Waals surface area contributed by atoms with Crippen LogP contribution >= 0.6 is 0 Å². The zero-order valence-corrected chi connectivity index (χ0v) is 17.1. The van der Waals surface area contributed by atoms with E-state index in [4.69, 9.17) is 19.0 Å². The Morgan fingerprint density at radius 2 is 1.77 bits per heavy atom. The molecule has 6 nitrogen and oxygen atoms in total. The molecule has 1 aromatic heterocycles. The molecule has 6 heteroatoms. The van der Waals surface area contributed by atoms with Gasteiger partial charge in [0.25, 0.3) is 0 Å². The van der Waals surface area contributed by atoms with Crippen LogP contribution in [-0.2, 0) is 6.42 Å². The monoisotopic (exact) mass is 410 g/mol. The van der Waals surface area contributed by atoms with Crippen molar-refractivity contribution in [3.63, 3.8) is 0 Å². The van der Waals surface area contributed by atoms with Gasteiger partial charge in [0.2, 0.25) is 5.76 Å². The van der Waals surface area contributed by atoms with Gasteiger partial charge in [0.05, 0.1) is 18.6 Å². The highest BCUT2D eigenvalue weighted by Gasteiger charge is 2.11. The highest BCUT2D eigenvalue weighted by molar-refractivity contribution is 5.87. The zero-order chi connectivity index (χ0) is 21.3. The summed E-state index contributed by atoms with van der Waals surface area (Å²) in [6.45, 7) is 3.34. The number of rotatable bonds is 11. The minimum atomic E-state index is -1.28. The summed E-state index contributed by atoms with van der Waals surface area (Å²) >= 11 is 0. The third-order valence-electron chi connectivity index (χ3n) is 4.72. The van der Waals surface area contributed by atoms with Crippen LogP contribution in [0.25, 0.3) is 11.0 Å². The molecule has 0 aliphatic carbocycles. The van der Waals surface area contributed by atoms with Crippen LogP contribution in [0.4, 0.5) is 0 Å². The summed E-state index contributed by atoms with van der Waals surface area (Å²) in [7, 11) is 0. The molecule has 2 aromatic carbocycles. The Balaban J connectivity index is 1.44. The number of hydrogen-bond donors (Lipinski definition) is 1. The molecular weight excluding hydrogens is 384 g/mol. The van der Waals surface area contributed by atoms with Crippen molar-refractivity contribution in [1.82, 2.24) is 0 Å². The largest absolute Gasteiger partial charge is 0.493 e. The molecule has 158 valence electrons. The topological polar surface area (TPSA) is 86.0 Å². The van der Waals surface area contributed by atoms with E-state index < -0.39 is 5.97 Å². The van der Waals surface area contributed by atoms with E-state index in [0.717, 1.165) is 43.9 Å². The second-order valence-electron chi connectivity index (χ2n) is 7.05. The summed E-state index contributed by atoms with van der Waals surface area (Å²) in [4.78, 5) is 23.0. The van der Waals surface area contributed by atoms with Crippen molar-refractivity contribution in [3.05, 3.63) is 70.1 Å². The van der Waals surface area contributed by atoms with E-state index >= 15 is 0 Å². The fourth-order valence-corrected chi connectivity index (χ4v) is 3.20. The summed E-state index contributed by atoms with van der Waals surface area (Å²) < 4.78 is 16.9. The SMILES string of the molecule is CCCc1ccccc1OCCCCCOc1ccc2c(=O)cc(C(=O)O)oc2c1. The minimum Gasteiger partial charge on any atom is -0.493 e. The Bertz CT molecular complexity index is 1050. The highest BCUT2D eigenvalue weighted by Crippen LogP contribution is 2.21. The first-order valence-corrected chi connectivity index (χ1v) is 10.2. The maximum Gasteiger partial charge on any atom is 0.371 e. The van der Waals surface area contributed by atoms with Gasteiger partial charge in [0.15, 0.2) is 5.43 Å². The van der Waals surface area contributed by atoms with Crippen LogP contribution in [0.1, 0.15) is 48.7 Å². The lowest BCUT2D eigenvalue weighted by Gasteiger charge is -2.11. The van der Waals surface area contributed by atoms with Crippen molar-refractivity contribution in [2.45, 2.75) is 39.0 Å². The molecule has 0 saturated heterocycles. The van der Waals surface area contributed by atoms with Gasteiger partial charge in [0, 0.05) is 12.1 Å². The molecule has 0 aliphatic rings. The van der Waals surface area contributed by atoms with E-state index in [9.17, 15) is 9.59 Å². The third-order valence-corrected chi connectivity index (χ3v) is 4.72. The highest BCUT2D eigenvalue weighted by atomic mass is 16.5. The lowest BCUT2D eigenvalue weighted by atomic mass is 10.1. The normalized spacial score (nSPS) is 10.8. The fraction of sp³-hybridized carbons (Fsp3) is 0.333. The second-order valence-corrected chi connectivity index (χ2v) is 7.05. The molecule has 0 radical (unpaired) electrons. The van der Waals surface area contributed by atoms with Gasteiger partial charge in [-0.3, -0.25) is 4.79 Å². The van der Waals surface area contributed by atoms with Gasteiger partial charge in [-0.1, -0.05) is 31.5 Å². The van der Waals surface area contributed by atoms with E-state index in [1.807, 2.05) is 18.2 Å². The first kappa shape index (κ1) is 21.4. The Morgan fingerprint density at radius 1 is 1.00 bits per heavy atom. The first-order valence-electron chi connectivity index (χ1n) is 10.2. The van der Waals surface area contributed by atoms with Gasteiger partial charge in [-0.25, -0.2) is 4.79 Å². The number of carbonyl (C=O) groups is 1. The van der Waals surface area contributed by atoms with Crippen LogP contribution in [0.5, 0.6) is 11.5 Å². The summed E-state index contributed by atoms with van der Waals surface area (Å²) in [5.41, 5.74) is 1.06. The molecule has 0 saturated carbocycles. The first-order chi connectivity index (χ1) is 14.6. The fourth-order valence-electron chi connectivity index (χ4n) is 3.20. The Labute approximate surface area is 175 Å². The van der Waals surface area contributed by atoms with Gasteiger partial charge >= 0.3 is 5.97 Å². The van der Waals surface area contributed by atoms with Crippen molar-refractivity contribution in [2.24, 2.45) is 0 Å². The number of carboxylic acid groups (broad SMARTS) is 1. The maximum absolute atomic E-state index is 12.0. The van der Waals surface area contributed by atoms with Gasteiger partial charge in [-0.05, 0) is 49.4 Å². The van der Waals surface area contributed by atoms with Crippen molar-refractivity contribution in [3.8, 4) is 11.5 Å². The average Bonchev–Trinajstić information content (AvgIpc) is 2.74. The van der Waals surface area contributed by atoms with E-state index in [1.165, 1.54) is 5.56 Å². The maximum atomic E-state index is 12.0. The van der Waals surface area contributed by atoms with Crippen LogP contribution in [-0.4, -0.2) is 24.3 Å². The zero-order valence-electron chi connectivity index (χ0n) is 17.1. The van der Waals surface area contributed by atoms with Crippen LogP contribution in [0, 0.1) is 0 Å². The van der Waals surface area contributed by atoms with E-state index in [2.05, 4.69) is 13.0 Å². The number of aryl methyl sites for hydroxylation is 1. The molecule has 3 aromatic rings. The summed E-state index contributed by atoms with van der Waals surface area (Å²) in [6, 6.07) is 14.0. The molecule has 3 rings (SSSR count). The van der Waals surface area contributed by atoms with Crippen molar-refractivity contribution in [1.29, 1.82) is 0 Å². The third kappa shape index (κ3) is 5.63. The minimum absolute atomic E-state index is 0.205. The standard InChI is InChI=1S/C24H26O6/c1-2-8-17-9-4-5-10-21(17)29-14-7-3-6-13-28-18-11-12-19-20(25)16-23(24(26)27)30-22(19)15-18/h4-5,9-12,15-16H,2-3,6-8,13-14H2,1H3,(H,26,27). The average molecular weight is 410 g/mol. The molecule has 0 amide bonds. The lowest BCUT2D eigenvalue weighted by molar-refractivity contribution is 0.0663. The number of carboxylic acids is 1. The van der Waals surface area contributed by atoms with E-state index in [0.29, 0.717) is 24.3 Å². The molecule has 0 aliphatic heterocycles. The molecule has 30 heavy (non-hydrogen) atoms. The van der Waals surface area contributed by atoms with Crippen molar-refractivity contribution < 1.29 is 23.8 Å². The number of benzene rings is 2. The molecule has 1 heterocycles. The Morgan fingerprint density at radius 3 is 2.53 bits per heavy atom. The van der Waals surface area contributed by atoms with Crippen LogP contribution in [0.2, 0.25) is 0 Å². The van der Waals surface area contributed by atoms with Crippen LogP contribution < -0.4 is 14.9 Å². The van der Waals surface area contributed by atoms with E-state index in [-0.39, 0.29) is 16.8 Å². The smallest absolute Gasteiger partial charge is 0.371 e. The van der Waals surface area contributed by atoms with Crippen molar-refractivity contribution in [2.75, 3.05) is 13.2 Å².